The molecular formula is C22H44O3. The standard InChI is InChI=1S/C22H44O3/c1-3-5-6-7-8-9-10-11-12-13-14-15-16-18-24-20-22-25-21-19-23-17-4-2/h4H,2-3,5-22H2,1H3. The molecule has 0 rings (SSSR count). The molecule has 0 aromatic carbocycles. The van der Waals surface area contributed by atoms with Crippen LogP contribution < -0.4 is 0 Å². The summed E-state index contributed by atoms with van der Waals surface area (Å²) in [4.78, 5) is 0. The molecule has 0 N–H and O–H groups in total. The minimum Gasteiger partial charge on any atom is -0.379 e. The molecule has 150 valence electrons. The Bertz CT molecular complexity index is 243. The summed E-state index contributed by atoms with van der Waals surface area (Å²) >= 11 is 0. The first kappa shape index (κ1) is 24.6. The molecule has 0 heterocycles. The van der Waals surface area contributed by atoms with Crippen LogP contribution in [0.1, 0.15) is 90.4 Å². The van der Waals surface area contributed by atoms with E-state index >= 15 is 0 Å². The predicted molar refractivity (Wildman–Crippen MR) is 108 cm³/mol. The van der Waals surface area contributed by atoms with Gasteiger partial charge in [-0.1, -0.05) is 90.0 Å². The van der Waals surface area contributed by atoms with E-state index in [-0.39, 0.29) is 0 Å². The quantitative estimate of drug-likeness (QED) is 0.168. The van der Waals surface area contributed by atoms with Crippen molar-refractivity contribution in [3.05, 3.63) is 12.7 Å². The second kappa shape index (κ2) is 23.6. The number of rotatable bonds is 22. The average Bonchev–Trinajstić information content (AvgIpc) is 2.63. The maximum atomic E-state index is 5.58. The van der Waals surface area contributed by atoms with Gasteiger partial charge < -0.3 is 14.2 Å². The Morgan fingerprint density at radius 3 is 1.40 bits per heavy atom. The minimum atomic E-state index is 0.596. The molecule has 0 aliphatic rings. The van der Waals surface area contributed by atoms with Gasteiger partial charge in [-0.15, -0.1) is 6.58 Å². The van der Waals surface area contributed by atoms with Gasteiger partial charge in [-0.2, -0.15) is 0 Å². The lowest BCUT2D eigenvalue weighted by molar-refractivity contribution is 0.0188. The fourth-order valence-electron chi connectivity index (χ4n) is 2.83. The zero-order valence-electron chi connectivity index (χ0n) is 16.9. The zero-order chi connectivity index (χ0) is 18.3. The molecule has 0 atom stereocenters. The van der Waals surface area contributed by atoms with E-state index in [4.69, 9.17) is 14.2 Å². The summed E-state index contributed by atoms with van der Waals surface area (Å²) in [6, 6.07) is 0. The van der Waals surface area contributed by atoms with Gasteiger partial charge in [0.25, 0.3) is 0 Å². The Morgan fingerprint density at radius 1 is 0.520 bits per heavy atom. The number of ether oxygens (including phenoxy) is 3. The van der Waals surface area contributed by atoms with Gasteiger partial charge in [0.2, 0.25) is 0 Å². The lowest BCUT2D eigenvalue weighted by atomic mass is 10.0. The van der Waals surface area contributed by atoms with Crippen molar-refractivity contribution >= 4 is 0 Å². The molecule has 0 aliphatic carbocycles. The van der Waals surface area contributed by atoms with Gasteiger partial charge in [-0.3, -0.25) is 0 Å². The highest BCUT2D eigenvalue weighted by Crippen LogP contribution is 2.12. The van der Waals surface area contributed by atoms with Crippen molar-refractivity contribution in [2.24, 2.45) is 0 Å². The molecule has 0 unspecified atom stereocenters. The summed E-state index contributed by atoms with van der Waals surface area (Å²) in [6.45, 7) is 9.97. The lowest BCUT2D eigenvalue weighted by Crippen LogP contribution is -2.09. The van der Waals surface area contributed by atoms with Crippen molar-refractivity contribution < 1.29 is 14.2 Å². The molecule has 0 amide bonds. The van der Waals surface area contributed by atoms with E-state index in [9.17, 15) is 0 Å². The first-order valence-corrected chi connectivity index (χ1v) is 10.8. The van der Waals surface area contributed by atoms with Gasteiger partial charge in [-0.05, 0) is 6.42 Å². The van der Waals surface area contributed by atoms with Crippen LogP contribution in [0.3, 0.4) is 0 Å². The molecule has 0 fully saturated rings. The minimum absolute atomic E-state index is 0.596. The van der Waals surface area contributed by atoms with Crippen LogP contribution in [0.4, 0.5) is 0 Å². The van der Waals surface area contributed by atoms with E-state index in [0.717, 1.165) is 6.61 Å². The molecule has 3 nitrogen and oxygen atoms in total. The first-order valence-electron chi connectivity index (χ1n) is 10.8. The largest absolute Gasteiger partial charge is 0.379 e. The van der Waals surface area contributed by atoms with Crippen LogP contribution in [0.15, 0.2) is 12.7 Å². The predicted octanol–water partition coefficient (Wildman–Crippen LogP) is 6.31. The summed E-state index contributed by atoms with van der Waals surface area (Å²) in [7, 11) is 0. The van der Waals surface area contributed by atoms with Crippen molar-refractivity contribution in [2.45, 2.75) is 90.4 Å². The van der Waals surface area contributed by atoms with Crippen molar-refractivity contribution in [3.63, 3.8) is 0 Å². The third-order valence-corrected chi connectivity index (χ3v) is 4.37. The van der Waals surface area contributed by atoms with Crippen molar-refractivity contribution in [2.75, 3.05) is 39.6 Å². The van der Waals surface area contributed by atoms with E-state index in [1.807, 2.05) is 0 Å². The van der Waals surface area contributed by atoms with E-state index in [1.165, 1.54) is 83.5 Å². The van der Waals surface area contributed by atoms with E-state index in [0.29, 0.717) is 33.0 Å². The summed E-state index contributed by atoms with van der Waals surface area (Å²) in [5.41, 5.74) is 0. The zero-order valence-corrected chi connectivity index (χ0v) is 16.9. The maximum absolute atomic E-state index is 5.58. The Kier molecular flexibility index (Phi) is 23.3. The number of unbranched alkanes of at least 4 members (excludes halogenated alkanes) is 12. The molecule has 0 spiro atoms. The van der Waals surface area contributed by atoms with Gasteiger partial charge in [0, 0.05) is 6.61 Å². The highest BCUT2D eigenvalue weighted by Gasteiger charge is 1.95. The van der Waals surface area contributed by atoms with Gasteiger partial charge in [-0.25, -0.2) is 0 Å². The van der Waals surface area contributed by atoms with Crippen LogP contribution >= 0.6 is 0 Å². The van der Waals surface area contributed by atoms with Crippen molar-refractivity contribution in [1.29, 1.82) is 0 Å². The average molecular weight is 357 g/mol. The monoisotopic (exact) mass is 356 g/mol. The van der Waals surface area contributed by atoms with E-state index in [2.05, 4.69) is 13.5 Å². The first-order chi connectivity index (χ1) is 12.4. The molecule has 0 saturated heterocycles. The highest BCUT2D eigenvalue weighted by atomic mass is 16.5. The molecule has 0 bridgehead atoms. The topological polar surface area (TPSA) is 27.7 Å². The SMILES string of the molecule is C=CCOCCOCCOCCCCCCCCCCCCCCC. The van der Waals surface area contributed by atoms with Crippen molar-refractivity contribution in [1.82, 2.24) is 0 Å². The lowest BCUT2D eigenvalue weighted by Gasteiger charge is -2.06. The Hall–Kier alpha value is -0.380. The van der Waals surface area contributed by atoms with Gasteiger partial charge in [0.15, 0.2) is 0 Å². The number of hydrogen-bond acceptors (Lipinski definition) is 3. The Morgan fingerprint density at radius 2 is 0.920 bits per heavy atom. The Balaban J connectivity index is 2.95. The van der Waals surface area contributed by atoms with Crippen molar-refractivity contribution in [3.8, 4) is 0 Å². The molecule has 3 heteroatoms. The third-order valence-electron chi connectivity index (χ3n) is 4.37. The van der Waals surface area contributed by atoms with Crippen LogP contribution in [-0.2, 0) is 14.2 Å². The summed E-state index contributed by atoms with van der Waals surface area (Å²) in [6.07, 6.45) is 19.8. The van der Waals surface area contributed by atoms with E-state index < -0.39 is 0 Å². The van der Waals surface area contributed by atoms with E-state index in [1.54, 1.807) is 6.08 Å². The van der Waals surface area contributed by atoms with Crippen LogP contribution in [0.25, 0.3) is 0 Å². The molecule has 0 aromatic heterocycles. The third kappa shape index (κ3) is 23.6. The normalized spacial score (nSPS) is 11.1. The van der Waals surface area contributed by atoms with Crippen LogP contribution in [0.2, 0.25) is 0 Å². The molecule has 0 saturated carbocycles. The van der Waals surface area contributed by atoms with Gasteiger partial charge in [0.05, 0.1) is 33.0 Å². The second-order valence-electron chi connectivity index (χ2n) is 6.83. The molecular weight excluding hydrogens is 312 g/mol. The van der Waals surface area contributed by atoms with Gasteiger partial charge in [0.1, 0.15) is 0 Å². The smallest absolute Gasteiger partial charge is 0.0704 e. The fraction of sp³-hybridized carbons (Fsp3) is 0.909. The summed E-state index contributed by atoms with van der Waals surface area (Å²) in [5.74, 6) is 0. The molecule has 25 heavy (non-hydrogen) atoms. The van der Waals surface area contributed by atoms with Crippen LogP contribution in [0.5, 0.6) is 0 Å². The summed E-state index contributed by atoms with van der Waals surface area (Å²) < 4.78 is 16.2. The number of hydrogen-bond donors (Lipinski definition) is 0. The Labute approximate surface area is 157 Å². The molecule has 0 aromatic rings. The summed E-state index contributed by atoms with van der Waals surface area (Å²) in [5, 5.41) is 0. The second-order valence-corrected chi connectivity index (χ2v) is 6.83. The highest BCUT2D eigenvalue weighted by molar-refractivity contribution is 4.63. The van der Waals surface area contributed by atoms with Gasteiger partial charge >= 0.3 is 0 Å². The molecule has 0 aliphatic heterocycles. The fourth-order valence-corrected chi connectivity index (χ4v) is 2.83. The molecule has 0 radical (unpaired) electrons. The van der Waals surface area contributed by atoms with Crippen LogP contribution in [-0.4, -0.2) is 39.6 Å². The maximum Gasteiger partial charge on any atom is 0.0704 e. The van der Waals surface area contributed by atoms with Crippen LogP contribution in [0, 0.1) is 0 Å².